The summed E-state index contributed by atoms with van der Waals surface area (Å²) in [7, 11) is 0. The predicted molar refractivity (Wildman–Crippen MR) is 108 cm³/mol. The van der Waals surface area contributed by atoms with Gasteiger partial charge in [0.1, 0.15) is 5.60 Å². The summed E-state index contributed by atoms with van der Waals surface area (Å²) in [6.45, 7) is 7.19. The van der Waals surface area contributed by atoms with E-state index in [1.807, 2.05) is 13.0 Å². The van der Waals surface area contributed by atoms with Gasteiger partial charge in [0, 0.05) is 17.8 Å². The molecule has 0 radical (unpaired) electrons. The predicted octanol–water partition coefficient (Wildman–Crippen LogP) is 3.40. The molecule has 0 bridgehead atoms. The zero-order chi connectivity index (χ0) is 21.2. The SMILES string of the molecule is CC(=O)OCC(=O)[C@@]1(O)[C@H](C)CC2C3CCC4=CC(=O)C=C[C@]4(C)C3CC[C@@]21C. The maximum Gasteiger partial charge on any atom is 0.303 e. The van der Waals surface area contributed by atoms with E-state index in [1.165, 1.54) is 12.5 Å². The number of rotatable bonds is 3. The lowest BCUT2D eigenvalue weighted by atomic mass is 9.47. The zero-order valence-corrected chi connectivity index (χ0v) is 17.9. The van der Waals surface area contributed by atoms with Crippen LogP contribution in [0.25, 0.3) is 0 Å². The minimum absolute atomic E-state index is 0.0801. The van der Waals surface area contributed by atoms with E-state index in [2.05, 4.69) is 19.9 Å². The van der Waals surface area contributed by atoms with Gasteiger partial charge in [0.25, 0.3) is 0 Å². The number of Topliss-reactive ketones (excluding diaryl/α,β-unsaturated/α-hetero) is 1. The summed E-state index contributed by atoms with van der Waals surface area (Å²) in [5.74, 6) is 0.108. The number of allylic oxidation sites excluding steroid dienone is 4. The van der Waals surface area contributed by atoms with Crippen molar-refractivity contribution in [3.8, 4) is 0 Å². The van der Waals surface area contributed by atoms with Crippen molar-refractivity contribution in [3.05, 3.63) is 23.8 Å². The van der Waals surface area contributed by atoms with Gasteiger partial charge in [0.05, 0.1) is 0 Å². The first kappa shape index (κ1) is 20.5. The van der Waals surface area contributed by atoms with Crippen LogP contribution >= 0.6 is 0 Å². The molecule has 4 aliphatic rings. The van der Waals surface area contributed by atoms with Crippen molar-refractivity contribution in [2.75, 3.05) is 6.61 Å². The Balaban J connectivity index is 1.65. The first-order chi connectivity index (χ1) is 13.5. The van der Waals surface area contributed by atoms with Gasteiger partial charge in [0.2, 0.25) is 5.78 Å². The fourth-order valence-electron chi connectivity index (χ4n) is 7.41. The molecule has 0 amide bonds. The van der Waals surface area contributed by atoms with E-state index >= 15 is 0 Å². The number of ether oxygens (including phenoxy) is 1. The molecule has 1 N–H and O–H groups in total. The van der Waals surface area contributed by atoms with Gasteiger partial charge in [-0.2, -0.15) is 0 Å². The second-order valence-corrected chi connectivity index (χ2v) is 10.2. The minimum Gasteiger partial charge on any atom is -0.458 e. The molecular weight excluding hydrogens is 368 g/mol. The van der Waals surface area contributed by atoms with Crippen LogP contribution in [0.3, 0.4) is 0 Å². The highest BCUT2D eigenvalue weighted by molar-refractivity contribution is 6.01. The largest absolute Gasteiger partial charge is 0.458 e. The second-order valence-electron chi connectivity index (χ2n) is 10.2. The van der Waals surface area contributed by atoms with Gasteiger partial charge in [-0.25, -0.2) is 0 Å². The molecular formula is C24H32O5. The third-order valence-electron chi connectivity index (χ3n) is 8.97. The topological polar surface area (TPSA) is 80.7 Å². The molecule has 0 aliphatic heterocycles. The van der Waals surface area contributed by atoms with Gasteiger partial charge < -0.3 is 9.84 Å². The van der Waals surface area contributed by atoms with Crippen molar-refractivity contribution in [1.82, 2.24) is 0 Å². The highest BCUT2D eigenvalue weighted by atomic mass is 16.5. The first-order valence-electron chi connectivity index (χ1n) is 10.9. The molecule has 5 nitrogen and oxygen atoms in total. The number of hydrogen-bond acceptors (Lipinski definition) is 5. The Bertz CT molecular complexity index is 825. The van der Waals surface area contributed by atoms with Crippen molar-refractivity contribution < 1.29 is 24.2 Å². The molecule has 3 saturated carbocycles. The van der Waals surface area contributed by atoms with Crippen molar-refractivity contribution in [2.45, 2.75) is 65.4 Å². The van der Waals surface area contributed by atoms with Crippen molar-refractivity contribution in [1.29, 1.82) is 0 Å². The lowest BCUT2D eigenvalue weighted by Gasteiger charge is -2.58. The van der Waals surface area contributed by atoms with E-state index < -0.39 is 17.0 Å². The van der Waals surface area contributed by atoms with E-state index in [0.717, 1.165) is 32.1 Å². The van der Waals surface area contributed by atoms with E-state index in [-0.39, 0.29) is 35.4 Å². The molecule has 0 aromatic carbocycles. The molecule has 5 heteroatoms. The van der Waals surface area contributed by atoms with Crippen molar-refractivity contribution >= 4 is 17.5 Å². The van der Waals surface area contributed by atoms with Crippen molar-refractivity contribution in [2.24, 2.45) is 34.5 Å². The molecule has 3 unspecified atom stereocenters. The van der Waals surface area contributed by atoms with Crippen LogP contribution in [0.5, 0.6) is 0 Å². The average Bonchev–Trinajstić information content (AvgIpc) is 2.88. The van der Waals surface area contributed by atoms with Gasteiger partial charge in [-0.15, -0.1) is 0 Å². The van der Waals surface area contributed by atoms with Gasteiger partial charge in [-0.1, -0.05) is 32.4 Å². The van der Waals surface area contributed by atoms with Gasteiger partial charge in [0.15, 0.2) is 12.4 Å². The van der Waals surface area contributed by atoms with Crippen LogP contribution in [0.2, 0.25) is 0 Å². The third kappa shape index (κ3) is 2.73. The third-order valence-corrected chi connectivity index (χ3v) is 8.97. The average molecular weight is 401 g/mol. The lowest BCUT2D eigenvalue weighted by Crippen LogP contribution is -2.59. The highest BCUT2D eigenvalue weighted by Crippen LogP contribution is 2.68. The van der Waals surface area contributed by atoms with Crippen LogP contribution in [0, 0.1) is 34.5 Å². The van der Waals surface area contributed by atoms with Gasteiger partial charge in [-0.3, -0.25) is 14.4 Å². The number of ketones is 2. The molecule has 0 spiro atoms. The number of carbonyl (C=O) groups excluding carboxylic acids is 3. The summed E-state index contributed by atoms with van der Waals surface area (Å²) >= 11 is 0. The Morgan fingerprint density at radius 2 is 1.97 bits per heavy atom. The van der Waals surface area contributed by atoms with Crippen molar-refractivity contribution in [3.63, 3.8) is 0 Å². The molecule has 0 saturated heterocycles. The molecule has 0 aromatic heterocycles. The zero-order valence-electron chi connectivity index (χ0n) is 17.9. The minimum atomic E-state index is -1.46. The molecule has 158 valence electrons. The first-order valence-corrected chi connectivity index (χ1v) is 10.9. The maximum absolute atomic E-state index is 13.0. The molecule has 4 rings (SSSR count). The summed E-state index contributed by atoms with van der Waals surface area (Å²) in [6, 6.07) is 0. The smallest absolute Gasteiger partial charge is 0.303 e. The van der Waals surface area contributed by atoms with E-state index in [4.69, 9.17) is 4.74 Å². The molecule has 0 aromatic rings. The standard InChI is InChI=1S/C24H32O5/c1-14-11-20-18-6-5-16-12-17(26)7-9-22(16,3)19(18)8-10-23(20,4)24(14,28)21(27)13-29-15(2)25/h7,9,12,14,18-20,28H,5-6,8,10-11,13H2,1-4H3/t14-,18?,19?,20?,22+,23+,24+/m1/s1. The number of fused-ring (bicyclic) bond motifs is 5. The summed E-state index contributed by atoms with van der Waals surface area (Å²) in [5, 5.41) is 11.7. The molecule has 7 atom stereocenters. The van der Waals surface area contributed by atoms with Gasteiger partial charge in [-0.05, 0) is 67.9 Å². The molecule has 4 aliphatic carbocycles. The monoisotopic (exact) mass is 400 g/mol. The number of aliphatic hydroxyl groups is 1. The molecule has 0 heterocycles. The summed E-state index contributed by atoms with van der Waals surface area (Å²) in [6.07, 6.45) is 9.99. The van der Waals surface area contributed by atoms with Crippen LogP contribution in [-0.4, -0.2) is 34.9 Å². The Morgan fingerprint density at radius 3 is 2.66 bits per heavy atom. The molecule has 29 heavy (non-hydrogen) atoms. The number of esters is 1. The van der Waals surface area contributed by atoms with E-state index in [1.54, 1.807) is 6.08 Å². The van der Waals surface area contributed by atoms with Crippen LogP contribution in [-0.2, 0) is 19.1 Å². The Kier molecular flexibility index (Phi) is 4.69. The van der Waals surface area contributed by atoms with Crippen LogP contribution in [0.1, 0.15) is 59.8 Å². The fraction of sp³-hybridized carbons (Fsp3) is 0.708. The number of carbonyl (C=O) groups is 3. The fourth-order valence-corrected chi connectivity index (χ4v) is 7.41. The lowest BCUT2D eigenvalue weighted by molar-refractivity contribution is -0.173. The number of hydrogen-bond donors (Lipinski definition) is 1. The Hall–Kier alpha value is -1.75. The summed E-state index contributed by atoms with van der Waals surface area (Å²) in [5.41, 5.74) is -0.851. The second kappa shape index (κ2) is 6.63. The highest BCUT2D eigenvalue weighted by Gasteiger charge is 2.68. The van der Waals surface area contributed by atoms with Crippen LogP contribution in [0.15, 0.2) is 23.8 Å². The Morgan fingerprint density at radius 1 is 1.24 bits per heavy atom. The Labute approximate surface area is 172 Å². The van der Waals surface area contributed by atoms with E-state index in [0.29, 0.717) is 11.8 Å². The normalized spacial score (nSPS) is 45.7. The summed E-state index contributed by atoms with van der Waals surface area (Å²) < 4.78 is 4.96. The van der Waals surface area contributed by atoms with Gasteiger partial charge >= 0.3 is 5.97 Å². The van der Waals surface area contributed by atoms with E-state index in [9.17, 15) is 19.5 Å². The quantitative estimate of drug-likeness (QED) is 0.735. The maximum atomic E-state index is 13.0. The van der Waals surface area contributed by atoms with Crippen LogP contribution < -0.4 is 0 Å². The van der Waals surface area contributed by atoms with Crippen LogP contribution in [0.4, 0.5) is 0 Å². The molecule has 3 fully saturated rings. The summed E-state index contributed by atoms with van der Waals surface area (Å²) in [4.78, 5) is 36.1.